The molecule has 3 rings (SSSR count). The Bertz CT molecular complexity index is 902. The fourth-order valence-corrected chi connectivity index (χ4v) is 2.52. The van der Waals surface area contributed by atoms with Crippen LogP contribution in [-0.2, 0) is 22.3 Å². The fourth-order valence-electron chi connectivity index (χ4n) is 2.35. The zero-order chi connectivity index (χ0) is 19.6. The largest absolute Gasteiger partial charge is 0.454 e. The number of carbonyl (C=O) groups is 2. The lowest BCUT2D eigenvalue weighted by molar-refractivity contribution is -0.138. The second-order valence-electron chi connectivity index (χ2n) is 5.51. The van der Waals surface area contributed by atoms with Crippen molar-refractivity contribution in [2.75, 3.05) is 12.1 Å². The maximum absolute atomic E-state index is 13.0. The molecular weight excluding hydrogens is 389 g/mol. The molecule has 0 aromatic heterocycles. The van der Waals surface area contributed by atoms with Crippen LogP contribution in [0.1, 0.15) is 11.1 Å². The van der Waals surface area contributed by atoms with Crippen LogP contribution in [0.25, 0.3) is 0 Å². The maximum Gasteiger partial charge on any atom is 0.418 e. The van der Waals surface area contributed by atoms with Gasteiger partial charge in [-0.1, -0.05) is 17.7 Å². The smallest absolute Gasteiger partial charge is 0.418 e. The van der Waals surface area contributed by atoms with Gasteiger partial charge >= 0.3 is 18.0 Å². The number of amides is 2. The summed E-state index contributed by atoms with van der Waals surface area (Å²) in [6, 6.07) is 7.76. The number of fused-ring (bicyclic) bond motifs is 1. The van der Waals surface area contributed by atoms with Crippen LogP contribution in [-0.4, -0.2) is 18.6 Å². The van der Waals surface area contributed by atoms with Gasteiger partial charge in [0.15, 0.2) is 11.5 Å². The van der Waals surface area contributed by atoms with Crippen molar-refractivity contribution in [2.45, 2.75) is 12.7 Å². The van der Waals surface area contributed by atoms with E-state index in [0.29, 0.717) is 23.1 Å². The molecule has 2 aromatic rings. The average Bonchev–Trinajstić information content (AvgIpc) is 3.08. The summed E-state index contributed by atoms with van der Waals surface area (Å²) >= 11 is 5.57. The molecule has 0 radical (unpaired) electrons. The van der Waals surface area contributed by atoms with Crippen LogP contribution in [0, 0.1) is 0 Å². The van der Waals surface area contributed by atoms with Gasteiger partial charge in [0, 0.05) is 11.6 Å². The van der Waals surface area contributed by atoms with Gasteiger partial charge in [0.2, 0.25) is 6.79 Å². The monoisotopic (exact) mass is 400 g/mol. The van der Waals surface area contributed by atoms with Gasteiger partial charge in [-0.15, -0.1) is 0 Å². The Kier molecular flexibility index (Phi) is 5.13. The van der Waals surface area contributed by atoms with E-state index in [4.69, 9.17) is 21.1 Å². The molecular formula is C17H12ClF3N2O4. The Balaban J connectivity index is 1.64. The quantitative estimate of drug-likeness (QED) is 0.775. The van der Waals surface area contributed by atoms with E-state index in [1.807, 2.05) is 5.32 Å². The van der Waals surface area contributed by atoms with Crippen molar-refractivity contribution in [3.8, 4) is 11.5 Å². The number of nitrogens with one attached hydrogen (secondary N) is 2. The summed E-state index contributed by atoms with van der Waals surface area (Å²) in [4.78, 5) is 23.8. The van der Waals surface area contributed by atoms with Crippen LogP contribution in [0.5, 0.6) is 11.5 Å². The summed E-state index contributed by atoms with van der Waals surface area (Å²) in [5.74, 6) is -1.26. The Morgan fingerprint density at radius 2 is 1.78 bits per heavy atom. The highest BCUT2D eigenvalue weighted by molar-refractivity contribution is 6.39. The van der Waals surface area contributed by atoms with Gasteiger partial charge in [-0.25, -0.2) is 0 Å². The number of benzene rings is 2. The van der Waals surface area contributed by atoms with E-state index in [1.165, 1.54) is 6.07 Å². The zero-order valence-electron chi connectivity index (χ0n) is 13.5. The molecule has 2 N–H and O–H groups in total. The minimum absolute atomic E-state index is 0.0182. The molecule has 0 saturated heterocycles. The van der Waals surface area contributed by atoms with Crippen molar-refractivity contribution in [3.63, 3.8) is 0 Å². The number of rotatable bonds is 3. The molecule has 2 amide bonds. The molecule has 0 atom stereocenters. The number of carbonyl (C=O) groups excluding carboxylic acids is 2. The van der Waals surface area contributed by atoms with E-state index in [2.05, 4.69) is 5.32 Å². The molecule has 0 fully saturated rings. The average molecular weight is 401 g/mol. The first-order valence-corrected chi connectivity index (χ1v) is 7.96. The lowest BCUT2D eigenvalue weighted by Gasteiger charge is -2.14. The van der Waals surface area contributed by atoms with Crippen LogP contribution in [0.4, 0.5) is 18.9 Å². The summed E-state index contributed by atoms with van der Waals surface area (Å²) in [6.45, 7) is 0.0752. The molecule has 0 spiro atoms. The van der Waals surface area contributed by atoms with Gasteiger partial charge in [0.05, 0.1) is 11.3 Å². The maximum atomic E-state index is 13.0. The summed E-state index contributed by atoms with van der Waals surface area (Å²) < 4.78 is 49.4. The van der Waals surface area contributed by atoms with Gasteiger partial charge < -0.3 is 20.1 Å². The van der Waals surface area contributed by atoms with Crippen LogP contribution in [0.3, 0.4) is 0 Å². The third kappa shape index (κ3) is 4.43. The number of alkyl halides is 3. The van der Waals surface area contributed by atoms with E-state index in [0.717, 1.165) is 6.07 Å². The SMILES string of the molecule is O=C(NCc1ccc2c(c1)OCO2)C(=O)Nc1ccc(Cl)cc1C(F)(F)F. The van der Waals surface area contributed by atoms with Gasteiger partial charge in [-0.3, -0.25) is 9.59 Å². The van der Waals surface area contributed by atoms with Crippen molar-refractivity contribution in [2.24, 2.45) is 0 Å². The van der Waals surface area contributed by atoms with Gasteiger partial charge in [-0.05, 0) is 35.9 Å². The molecule has 0 aliphatic carbocycles. The highest BCUT2D eigenvalue weighted by atomic mass is 35.5. The lowest BCUT2D eigenvalue weighted by Crippen LogP contribution is -2.35. The molecule has 10 heteroatoms. The minimum Gasteiger partial charge on any atom is -0.454 e. The second-order valence-corrected chi connectivity index (χ2v) is 5.95. The Morgan fingerprint density at radius 1 is 1.04 bits per heavy atom. The molecule has 1 heterocycles. The number of anilines is 1. The van der Waals surface area contributed by atoms with E-state index >= 15 is 0 Å². The normalized spacial score (nSPS) is 12.6. The van der Waals surface area contributed by atoms with Crippen LogP contribution < -0.4 is 20.1 Å². The summed E-state index contributed by atoms with van der Waals surface area (Å²) in [7, 11) is 0. The molecule has 142 valence electrons. The number of hydrogen-bond acceptors (Lipinski definition) is 4. The van der Waals surface area contributed by atoms with Gasteiger partial charge in [0.1, 0.15) is 0 Å². The fraction of sp³-hybridized carbons (Fsp3) is 0.176. The molecule has 2 aromatic carbocycles. The van der Waals surface area contributed by atoms with Crippen molar-refractivity contribution in [1.82, 2.24) is 5.32 Å². The van der Waals surface area contributed by atoms with Crippen molar-refractivity contribution < 1.29 is 32.2 Å². The van der Waals surface area contributed by atoms with Crippen molar-refractivity contribution in [1.29, 1.82) is 0 Å². The van der Waals surface area contributed by atoms with Gasteiger partial charge in [-0.2, -0.15) is 13.2 Å². The first-order chi connectivity index (χ1) is 12.7. The van der Waals surface area contributed by atoms with Crippen LogP contribution in [0.2, 0.25) is 5.02 Å². The summed E-state index contributed by atoms with van der Waals surface area (Å²) in [5.41, 5.74) is -1.08. The summed E-state index contributed by atoms with van der Waals surface area (Å²) in [5, 5.41) is 4.13. The first kappa shape index (κ1) is 18.8. The molecule has 1 aliphatic rings. The minimum atomic E-state index is -4.74. The molecule has 0 bridgehead atoms. The predicted molar refractivity (Wildman–Crippen MR) is 89.5 cm³/mol. The van der Waals surface area contributed by atoms with Crippen LogP contribution >= 0.6 is 11.6 Å². The molecule has 0 unspecified atom stereocenters. The topological polar surface area (TPSA) is 76.7 Å². The molecule has 1 aliphatic heterocycles. The standard InChI is InChI=1S/C17H12ClF3N2O4/c18-10-2-3-12(11(6-10)17(19,20)21)23-16(25)15(24)22-7-9-1-4-13-14(5-9)27-8-26-13/h1-6H,7-8H2,(H,22,24)(H,23,25). The number of ether oxygens (including phenoxy) is 2. The highest BCUT2D eigenvalue weighted by Crippen LogP contribution is 2.36. The molecule has 27 heavy (non-hydrogen) atoms. The van der Waals surface area contributed by atoms with Crippen LogP contribution in [0.15, 0.2) is 36.4 Å². The third-order valence-corrected chi connectivity index (χ3v) is 3.87. The third-order valence-electron chi connectivity index (χ3n) is 3.63. The lowest BCUT2D eigenvalue weighted by atomic mass is 10.1. The zero-order valence-corrected chi connectivity index (χ0v) is 14.3. The van der Waals surface area contributed by atoms with Crippen molar-refractivity contribution >= 4 is 29.1 Å². The van der Waals surface area contributed by atoms with E-state index in [-0.39, 0.29) is 18.4 Å². The molecule has 6 nitrogen and oxygen atoms in total. The Labute approximate surface area is 156 Å². The Morgan fingerprint density at radius 3 is 2.52 bits per heavy atom. The number of halogens is 4. The van der Waals surface area contributed by atoms with Gasteiger partial charge in [0.25, 0.3) is 0 Å². The predicted octanol–water partition coefficient (Wildman–Crippen LogP) is 3.34. The number of hydrogen-bond donors (Lipinski definition) is 2. The van der Waals surface area contributed by atoms with E-state index < -0.39 is 29.2 Å². The van der Waals surface area contributed by atoms with E-state index in [9.17, 15) is 22.8 Å². The summed E-state index contributed by atoms with van der Waals surface area (Å²) in [6.07, 6.45) is -4.74. The first-order valence-electron chi connectivity index (χ1n) is 7.58. The van der Waals surface area contributed by atoms with Crippen molar-refractivity contribution in [3.05, 3.63) is 52.5 Å². The highest BCUT2D eigenvalue weighted by Gasteiger charge is 2.34. The second kappa shape index (κ2) is 7.36. The van der Waals surface area contributed by atoms with E-state index in [1.54, 1.807) is 18.2 Å². The Hall–Kier alpha value is -2.94. The molecule has 0 saturated carbocycles.